The Hall–Kier alpha value is -1.44. The summed E-state index contributed by atoms with van der Waals surface area (Å²) in [4.78, 5) is 3.88. The van der Waals surface area contributed by atoms with Gasteiger partial charge in [-0.25, -0.2) is 18.1 Å². The van der Waals surface area contributed by atoms with E-state index in [1.807, 2.05) is 24.3 Å². The van der Waals surface area contributed by atoms with Crippen LogP contribution in [-0.2, 0) is 10.0 Å². The van der Waals surface area contributed by atoms with Crippen LogP contribution in [0.4, 0.5) is 5.82 Å². The van der Waals surface area contributed by atoms with Crippen LogP contribution in [0.3, 0.4) is 0 Å². The highest BCUT2D eigenvalue weighted by molar-refractivity contribution is 9.10. The third-order valence-electron chi connectivity index (χ3n) is 2.77. The van der Waals surface area contributed by atoms with Crippen molar-refractivity contribution in [3.63, 3.8) is 0 Å². The summed E-state index contributed by atoms with van der Waals surface area (Å²) in [6, 6.07) is 10.00. The van der Waals surface area contributed by atoms with Crippen LogP contribution in [0.25, 0.3) is 0 Å². The fourth-order valence-electron chi connectivity index (χ4n) is 1.67. The van der Waals surface area contributed by atoms with Crippen LogP contribution in [0.5, 0.6) is 0 Å². The topological polar surface area (TPSA) is 85.1 Å². The zero-order valence-electron chi connectivity index (χ0n) is 10.7. The van der Waals surface area contributed by atoms with Crippen LogP contribution < -0.4 is 10.5 Å². The molecule has 7 heteroatoms. The van der Waals surface area contributed by atoms with Crippen molar-refractivity contribution in [3.8, 4) is 0 Å². The molecule has 0 aliphatic carbocycles. The number of benzene rings is 1. The van der Waals surface area contributed by atoms with E-state index >= 15 is 0 Å². The molecule has 0 aliphatic rings. The molecular formula is C13H14BrN3O2S. The van der Waals surface area contributed by atoms with Crippen LogP contribution in [0.15, 0.2) is 52.0 Å². The van der Waals surface area contributed by atoms with E-state index in [1.165, 1.54) is 18.3 Å². The summed E-state index contributed by atoms with van der Waals surface area (Å²) in [6.45, 7) is 1.78. The van der Waals surface area contributed by atoms with Crippen molar-refractivity contribution in [2.75, 3.05) is 5.73 Å². The molecule has 0 saturated carbocycles. The van der Waals surface area contributed by atoms with Gasteiger partial charge in [0, 0.05) is 16.7 Å². The molecule has 1 heterocycles. The van der Waals surface area contributed by atoms with E-state index in [0.717, 1.165) is 10.0 Å². The Morgan fingerprint density at radius 1 is 1.20 bits per heavy atom. The van der Waals surface area contributed by atoms with E-state index < -0.39 is 10.0 Å². The predicted molar refractivity (Wildman–Crippen MR) is 81.5 cm³/mol. The van der Waals surface area contributed by atoms with Gasteiger partial charge in [-0.05, 0) is 36.8 Å². The molecule has 0 spiro atoms. The lowest BCUT2D eigenvalue weighted by Gasteiger charge is -2.14. The van der Waals surface area contributed by atoms with Gasteiger partial charge >= 0.3 is 0 Å². The van der Waals surface area contributed by atoms with Crippen molar-refractivity contribution in [2.45, 2.75) is 17.9 Å². The fraction of sp³-hybridized carbons (Fsp3) is 0.154. The highest BCUT2D eigenvalue weighted by atomic mass is 79.9. The number of anilines is 1. The molecule has 1 aromatic heterocycles. The Labute approximate surface area is 126 Å². The second kappa shape index (κ2) is 5.90. The van der Waals surface area contributed by atoms with Crippen molar-refractivity contribution < 1.29 is 8.42 Å². The van der Waals surface area contributed by atoms with Crippen molar-refractivity contribution >= 4 is 31.8 Å². The van der Waals surface area contributed by atoms with E-state index in [4.69, 9.17) is 5.73 Å². The zero-order valence-corrected chi connectivity index (χ0v) is 13.1. The summed E-state index contributed by atoms with van der Waals surface area (Å²) in [5.74, 6) is 0.282. The summed E-state index contributed by atoms with van der Waals surface area (Å²) in [5.41, 5.74) is 6.32. The average Bonchev–Trinajstić information content (AvgIpc) is 2.39. The first-order chi connectivity index (χ1) is 9.38. The summed E-state index contributed by atoms with van der Waals surface area (Å²) < 4.78 is 27.9. The molecule has 2 aromatic rings. The van der Waals surface area contributed by atoms with Gasteiger partial charge in [-0.2, -0.15) is 0 Å². The summed E-state index contributed by atoms with van der Waals surface area (Å²) >= 11 is 3.34. The van der Waals surface area contributed by atoms with Crippen LogP contribution in [0, 0.1) is 0 Å². The molecule has 3 N–H and O–H groups in total. The van der Waals surface area contributed by atoms with Crippen LogP contribution in [0.1, 0.15) is 18.5 Å². The van der Waals surface area contributed by atoms with E-state index in [9.17, 15) is 8.42 Å². The summed E-state index contributed by atoms with van der Waals surface area (Å²) in [6.07, 6.45) is 1.24. The number of hydrogen-bond donors (Lipinski definition) is 2. The largest absolute Gasteiger partial charge is 0.384 e. The van der Waals surface area contributed by atoms with E-state index in [2.05, 4.69) is 25.6 Å². The maximum atomic E-state index is 12.2. The summed E-state index contributed by atoms with van der Waals surface area (Å²) in [7, 11) is -3.61. The van der Waals surface area contributed by atoms with Gasteiger partial charge in [-0.3, -0.25) is 0 Å². The molecule has 20 heavy (non-hydrogen) atoms. The lowest BCUT2D eigenvalue weighted by molar-refractivity contribution is 0.566. The number of hydrogen-bond acceptors (Lipinski definition) is 4. The van der Waals surface area contributed by atoms with E-state index in [-0.39, 0.29) is 16.8 Å². The molecule has 0 radical (unpaired) electrons. The average molecular weight is 356 g/mol. The normalized spacial score (nSPS) is 13.1. The Morgan fingerprint density at radius 3 is 2.40 bits per heavy atom. The van der Waals surface area contributed by atoms with Gasteiger partial charge in [0.1, 0.15) is 10.7 Å². The Morgan fingerprint density at radius 2 is 1.85 bits per heavy atom. The van der Waals surface area contributed by atoms with Gasteiger partial charge in [0.15, 0.2) is 0 Å². The quantitative estimate of drug-likeness (QED) is 0.881. The van der Waals surface area contributed by atoms with E-state index in [1.54, 1.807) is 6.92 Å². The minimum absolute atomic E-state index is 0.0932. The standard InChI is InChI=1S/C13H14BrN3O2S/c1-9(10-2-4-11(14)5-3-10)17-20(18,19)12-6-7-13(15)16-8-12/h2-9,17H,1H3,(H2,15,16). The molecule has 0 amide bonds. The highest BCUT2D eigenvalue weighted by Crippen LogP contribution is 2.19. The number of rotatable bonds is 4. The number of aromatic nitrogens is 1. The number of nitrogen functional groups attached to an aromatic ring is 1. The van der Waals surface area contributed by atoms with Gasteiger partial charge in [0.05, 0.1) is 0 Å². The molecule has 0 bridgehead atoms. The molecule has 0 fully saturated rings. The first kappa shape index (κ1) is 15.0. The maximum absolute atomic E-state index is 12.2. The molecule has 2 rings (SSSR count). The minimum Gasteiger partial charge on any atom is -0.384 e. The first-order valence-corrected chi connectivity index (χ1v) is 8.15. The molecule has 106 valence electrons. The van der Waals surface area contributed by atoms with Crippen molar-refractivity contribution in [2.24, 2.45) is 0 Å². The maximum Gasteiger partial charge on any atom is 0.242 e. The zero-order chi connectivity index (χ0) is 14.8. The van der Waals surface area contributed by atoms with Gasteiger partial charge in [-0.15, -0.1) is 0 Å². The second-order valence-corrected chi connectivity index (χ2v) is 6.94. The third-order valence-corrected chi connectivity index (χ3v) is 4.83. The lowest BCUT2D eigenvalue weighted by Crippen LogP contribution is -2.27. The molecule has 0 aliphatic heterocycles. The monoisotopic (exact) mass is 355 g/mol. The number of nitrogens with zero attached hydrogens (tertiary/aromatic N) is 1. The predicted octanol–water partition coefficient (Wildman–Crippen LogP) is 2.47. The minimum atomic E-state index is -3.61. The third kappa shape index (κ3) is 3.56. The number of nitrogens with one attached hydrogen (secondary N) is 1. The van der Waals surface area contributed by atoms with Gasteiger partial charge < -0.3 is 5.73 Å². The molecular weight excluding hydrogens is 342 g/mol. The van der Waals surface area contributed by atoms with Crippen molar-refractivity contribution in [1.29, 1.82) is 0 Å². The first-order valence-electron chi connectivity index (χ1n) is 5.88. The molecule has 1 atom stereocenters. The molecule has 5 nitrogen and oxygen atoms in total. The number of sulfonamides is 1. The van der Waals surface area contributed by atoms with Crippen LogP contribution >= 0.6 is 15.9 Å². The summed E-state index contributed by atoms with van der Waals surface area (Å²) in [5, 5.41) is 0. The van der Waals surface area contributed by atoms with Crippen molar-refractivity contribution in [1.82, 2.24) is 9.71 Å². The number of pyridine rings is 1. The number of halogens is 1. The fourth-order valence-corrected chi connectivity index (χ4v) is 3.11. The second-order valence-electron chi connectivity index (χ2n) is 4.31. The molecule has 1 aromatic carbocycles. The SMILES string of the molecule is CC(NS(=O)(=O)c1ccc(N)nc1)c1ccc(Br)cc1. The Bertz CT molecular complexity index is 685. The lowest BCUT2D eigenvalue weighted by atomic mass is 10.1. The van der Waals surface area contributed by atoms with Crippen LogP contribution in [0.2, 0.25) is 0 Å². The number of nitrogens with two attached hydrogens (primary N) is 1. The van der Waals surface area contributed by atoms with Gasteiger partial charge in [-0.1, -0.05) is 28.1 Å². The Balaban J connectivity index is 2.19. The van der Waals surface area contributed by atoms with Crippen LogP contribution in [-0.4, -0.2) is 13.4 Å². The van der Waals surface area contributed by atoms with E-state index in [0.29, 0.717) is 0 Å². The van der Waals surface area contributed by atoms with Gasteiger partial charge in [0.25, 0.3) is 0 Å². The van der Waals surface area contributed by atoms with Crippen molar-refractivity contribution in [3.05, 3.63) is 52.6 Å². The van der Waals surface area contributed by atoms with Gasteiger partial charge in [0.2, 0.25) is 10.0 Å². The molecule has 0 saturated heterocycles. The molecule has 1 unspecified atom stereocenters. The Kier molecular flexibility index (Phi) is 4.42. The highest BCUT2D eigenvalue weighted by Gasteiger charge is 2.18. The smallest absolute Gasteiger partial charge is 0.242 e.